The highest BCUT2D eigenvalue weighted by Crippen LogP contribution is 2.42. The third-order valence-corrected chi connectivity index (χ3v) is 4.06. The summed E-state index contributed by atoms with van der Waals surface area (Å²) in [6.07, 6.45) is 0.271. The van der Waals surface area contributed by atoms with E-state index in [4.69, 9.17) is 4.74 Å². The van der Waals surface area contributed by atoms with E-state index in [9.17, 15) is 4.79 Å². The van der Waals surface area contributed by atoms with Gasteiger partial charge in [0.25, 0.3) is 0 Å². The maximum atomic E-state index is 15.1. The molecule has 3 heteroatoms. The average Bonchev–Trinajstić information content (AvgIpc) is 2.87. The van der Waals surface area contributed by atoms with Crippen LogP contribution in [0.3, 0.4) is 0 Å². The lowest BCUT2D eigenvalue weighted by Crippen LogP contribution is -2.31. The first-order chi connectivity index (χ1) is 10.1. The molecule has 0 heterocycles. The molecule has 2 atom stereocenters. The highest BCUT2D eigenvalue weighted by atomic mass is 19.1. The van der Waals surface area contributed by atoms with Crippen molar-refractivity contribution in [2.45, 2.75) is 31.5 Å². The maximum Gasteiger partial charge on any atom is 0.349 e. The molecule has 0 radical (unpaired) electrons. The van der Waals surface area contributed by atoms with Gasteiger partial charge in [0.05, 0.1) is 0 Å². The molecule has 0 amide bonds. The third-order valence-electron chi connectivity index (χ3n) is 4.06. The van der Waals surface area contributed by atoms with E-state index < -0.39 is 17.7 Å². The highest BCUT2D eigenvalue weighted by Gasteiger charge is 2.47. The smallest absolute Gasteiger partial charge is 0.349 e. The van der Waals surface area contributed by atoms with Gasteiger partial charge in [-0.15, -0.1) is 0 Å². The van der Waals surface area contributed by atoms with E-state index in [1.807, 2.05) is 42.5 Å². The molecule has 1 aliphatic rings. The van der Waals surface area contributed by atoms with Crippen molar-refractivity contribution in [2.24, 2.45) is 0 Å². The summed E-state index contributed by atoms with van der Waals surface area (Å²) >= 11 is 0. The Morgan fingerprint density at radius 1 is 1.14 bits per heavy atom. The normalized spacial score (nSPS) is 21.6. The van der Waals surface area contributed by atoms with E-state index in [1.165, 1.54) is 0 Å². The van der Waals surface area contributed by atoms with Gasteiger partial charge in [-0.25, -0.2) is 9.18 Å². The largest absolute Gasteiger partial charge is 0.455 e. The lowest BCUT2D eigenvalue weighted by Gasteiger charge is -2.22. The lowest BCUT2D eigenvalue weighted by molar-refractivity contribution is -0.164. The zero-order valence-electron chi connectivity index (χ0n) is 11.9. The van der Waals surface area contributed by atoms with Crippen LogP contribution in [0, 0.1) is 0 Å². The minimum Gasteiger partial charge on any atom is -0.455 e. The molecule has 1 aliphatic carbocycles. The number of benzene rings is 2. The molecule has 1 unspecified atom stereocenters. The summed E-state index contributed by atoms with van der Waals surface area (Å²) < 4.78 is 20.5. The Bertz CT molecular complexity index is 653. The summed E-state index contributed by atoms with van der Waals surface area (Å²) in [5.74, 6) is -0.788. The SMILES string of the molecule is C[C@H](OC(=O)C1(F)CCc2ccccc21)c1ccccc1. The Morgan fingerprint density at radius 2 is 1.81 bits per heavy atom. The van der Waals surface area contributed by atoms with Crippen molar-refractivity contribution in [3.05, 3.63) is 71.3 Å². The highest BCUT2D eigenvalue weighted by molar-refractivity contribution is 5.83. The summed E-state index contributed by atoms with van der Waals surface area (Å²) in [4.78, 5) is 12.3. The molecule has 21 heavy (non-hydrogen) atoms. The fraction of sp³-hybridized carbons (Fsp3) is 0.278. The molecule has 2 aromatic carbocycles. The summed E-state index contributed by atoms with van der Waals surface area (Å²) in [7, 11) is 0. The van der Waals surface area contributed by atoms with E-state index in [-0.39, 0.29) is 6.42 Å². The van der Waals surface area contributed by atoms with E-state index in [0.29, 0.717) is 12.0 Å². The van der Waals surface area contributed by atoms with E-state index in [1.54, 1.807) is 19.1 Å². The summed E-state index contributed by atoms with van der Waals surface area (Å²) in [6.45, 7) is 1.76. The topological polar surface area (TPSA) is 26.3 Å². The van der Waals surface area contributed by atoms with Gasteiger partial charge in [0.15, 0.2) is 0 Å². The second-order valence-corrected chi connectivity index (χ2v) is 5.42. The van der Waals surface area contributed by atoms with Gasteiger partial charge in [0.2, 0.25) is 5.67 Å². The number of aryl methyl sites for hydroxylation is 1. The van der Waals surface area contributed by atoms with Crippen LogP contribution < -0.4 is 0 Å². The average molecular weight is 284 g/mol. The van der Waals surface area contributed by atoms with Gasteiger partial charge in [-0.1, -0.05) is 54.6 Å². The van der Waals surface area contributed by atoms with Gasteiger partial charge < -0.3 is 4.74 Å². The van der Waals surface area contributed by atoms with Crippen molar-refractivity contribution < 1.29 is 13.9 Å². The zero-order valence-corrected chi connectivity index (χ0v) is 11.9. The molecule has 0 N–H and O–H groups in total. The van der Waals surface area contributed by atoms with Crippen LogP contribution in [0.25, 0.3) is 0 Å². The predicted molar refractivity (Wildman–Crippen MR) is 78.5 cm³/mol. The minimum absolute atomic E-state index is 0.159. The first-order valence-corrected chi connectivity index (χ1v) is 7.14. The van der Waals surface area contributed by atoms with Gasteiger partial charge in [0, 0.05) is 12.0 Å². The monoisotopic (exact) mass is 284 g/mol. The Balaban J connectivity index is 1.80. The number of esters is 1. The van der Waals surface area contributed by atoms with Crippen LogP contribution in [0.1, 0.15) is 36.1 Å². The van der Waals surface area contributed by atoms with E-state index in [2.05, 4.69) is 0 Å². The van der Waals surface area contributed by atoms with Crippen molar-refractivity contribution in [1.82, 2.24) is 0 Å². The number of fused-ring (bicyclic) bond motifs is 1. The van der Waals surface area contributed by atoms with Gasteiger partial charge in [-0.2, -0.15) is 0 Å². The molecule has 0 bridgehead atoms. The molecular weight excluding hydrogens is 267 g/mol. The number of hydrogen-bond acceptors (Lipinski definition) is 2. The zero-order chi connectivity index (χ0) is 14.9. The van der Waals surface area contributed by atoms with Crippen LogP contribution >= 0.6 is 0 Å². The molecule has 0 fully saturated rings. The van der Waals surface area contributed by atoms with E-state index >= 15 is 4.39 Å². The quantitative estimate of drug-likeness (QED) is 0.793. The molecule has 0 aliphatic heterocycles. The Labute approximate surface area is 123 Å². The minimum atomic E-state index is -2.01. The first kappa shape index (κ1) is 13.8. The molecule has 0 spiro atoms. The van der Waals surface area contributed by atoms with Crippen molar-refractivity contribution >= 4 is 5.97 Å². The molecular formula is C18H17FO2. The van der Waals surface area contributed by atoms with Crippen LogP contribution in [0.2, 0.25) is 0 Å². The number of hydrogen-bond donors (Lipinski definition) is 0. The molecule has 108 valence electrons. The second-order valence-electron chi connectivity index (χ2n) is 5.42. The van der Waals surface area contributed by atoms with Crippen molar-refractivity contribution in [3.63, 3.8) is 0 Å². The number of ether oxygens (including phenoxy) is 1. The fourth-order valence-electron chi connectivity index (χ4n) is 2.82. The van der Waals surface area contributed by atoms with Crippen molar-refractivity contribution in [1.29, 1.82) is 0 Å². The second kappa shape index (κ2) is 5.32. The molecule has 0 aromatic heterocycles. The molecule has 0 saturated carbocycles. The van der Waals surface area contributed by atoms with Crippen molar-refractivity contribution in [3.8, 4) is 0 Å². The Morgan fingerprint density at radius 3 is 2.57 bits per heavy atom. The van der Waals surface area contributed by atoms with Crippen LogP contribution in [0.15, 0.2) is 54.6 Å². The number of carbonyl (C=O) groups is 1. The van der Waals surface area contributed by atoms with Crippen LogP contribution in [-0.2, 0) is 21.6 Å². The van der Waals surface area contributed by atoms with E-state index in [0.717, 1.165) is 11.1 Å². The Hall–Kier alpha value is -2.16. The van der Waals surface area contributed by atoms with Crippen LogP contribution in [-0.4, -0.2) is 5.97 Å². The van der Waals surface area contributed by atoms with Gasteiger partial charge in [0.1, 0.15) is 6.10 Å². The standard InChI is InChI=1S/C18H17FO2/c1-13(14-7-3-2-4-8-14)21-17(20)18(19)12-11-15-9-5-6-10-16(15)18/h2-10,13H,11-12H2,1H3/t13-,18?/m0/s1. The predicted octanol–water partition coefficient (Wildman–Crippen LogP) is 4.10. The lowest BCUT2D eigenvalue weighted by atomic mass is 9.98. The summed E-state index contributed by atoms with van der Waals surface area (Å²) in [6, 6.07) is 16.5. The molecule has 2 aromatic rings. The van der Waals surface area contributed by atoms with Gasteiger partial charge >= 0.3 is 5.97 Å². The van der Waals surface area contributed by atoms with Crippen molar-refractivity contribution in [2.75, 3.05) is 0 Å². The van der Waals surface area contributed by atoms with Crippen LogP contribution in [0.5, 0.6) is 0 Å². The number of alkyl halides is 1. The molecule has 2 nitrogen and oxygen atoms in total. The maximum absolute atomic E-state index is 15.1. The summed E-state index contributed by atoms with van der Waals surface area (Å²) in [5, 5.41) is 0. The molecule has 3 rings (SSSR count). The number of rotatable bonds is 3. The van der Waals surface area contributed by atoms with Gasteiger partial charge in [-0.05, 0) is 24.5 Å². The van der Waals surface area contributed by atoms with Crippen LogP contribution in [0.4, 0.5) is 4.39 Å². The Kier molecular flexibility index (Phi) is 3.50. The number of halogens is 1. The molecule has 0 saturated heterocycles. The van der Waals surface area contributed by atoms with Gasteiger partial charge in [-0.3, -0.25) is 0 Å². The first-order valence-electron chi connectivity index (χ1n) is 7.14. The fourth-order valence-corrected chi connectivity index (χ4v) is 2.82. The number of carbonyl (C=O) groups excluding carboxylic acids is 1. The third kappa shape index (κ3) is 2.44. The summed E-state index contributed by atoms with van der Waals surface area (Å²) in [5.41, 5.74) is 0.194.